The molecular weight excluding hydrogens is 419 g/mol. The van der Waals surface area contributed by atoms with Gasteiger partial charge in [0.05, 0.1) is 4.90 Å². The van der Waals surface area contributed by atoms with Crippen LogP contribution in [0.15, 0.2) is 71.6 Å². The van der Waals surface area contributed by atoms with Crippen LogP contribution in [-0.4, -0.2) is 20.1 Å². The van der Waals surface area contributed by atoms with Gasteiger partial charge in [0.25, 0.3) is 5.91 Å². The topological polar surface area (TPSA) is 92.3 Å². The number of benzene rings is 3. The molecule has 0 heterocycles. The number of Topliss-reactive ketones (excluding diaryl/α,β-unsaturated/α-hetero) is 1. The SMILES string of the molecule is CC(=O)c1ccc(S(=O)(=O)NCc2ccc(C(=O)Nc3ccc(C)c(F)c3)cc2)cc1. The summed E-state index contributed by atoms with van der Waals surface area (Å²) in [5.41, 5.74) is 2.27. The number of ketones is 1. The van der Waals surface area contributed by atoms with Gasteiger partial charge in [-0.15, -0.1) is 0 Å². The molecule has 0 fully saturated rings. The first-order valence-corrected chi connectivity index (χ1v) is 10.9. The zero-order valence-electron chi connectivity index (χ0n) is 17.0. The molecule has 0 bridgehead atoms. The number of rotatable bonds is 7. The molecule has 31 heavy (non-hydrogen) atoms. The molecule has 0 unspecified atom stereocenters. The van der Waals surface area contributed by atoms with Crippen molar-refractivity contribution in [2.45, 2.75) is 25.3 Å². The van der Waals surface area contributed by atoms with E-state index in [2.05, 4.69) is 10.0 Å². The highest BCUT2D eigenvalue weighted by Crippen LogP contribution is 2.16. The lowest BCUT2D eigenvalue weighted by atomic mass is 10.1. The highest BCUT2D eigenvalue weighted by molar-refractivity contribution is 7.89. The van der Waals surface area contributed by atoms with Crippen LogP contribution in [0.25, 0.3) is 0 Å². The van der Waals surface area contributed by atoms with Crippen LogP contribution in [-0.2, 0) is 16.6 Å². The molecule has 0 atom stereocenters. The van der Waals surface area contributed by atoms with Gasteiger partial charge in [0.15, 0.2) is 5.78 Å². The molecule has 1 amide bonds. The average Bonchev–Trinajstić information content (AvgIpc) is 2.75. The Kier molecular flexibility index (Phi) is 6.62. The van der Waals surface area contributed by atoms with Gasteiger partial charge >= 0.3 is 0 Å². The van der Waals surface area contributed by atoms with Crippen LogP contribution in [0.4, 0.5) is 10.1 Å². The van der Waals surface area contributed by atoms with E-state index in [1.54, 1.807) is 43.3 Å². The van der Waals surface area contributed by atoms with Gasteiger partial charge in [-0.1, -0.05) is 30.3 Å². The smallest absolute Gasteiger partial charge is 0.255 e. The molecular formula is C23H21FN2O4S. The molecule has 2 N–H and O–H groups in total. The van der Waals surface area contributed by atoms with Crippen LogP contribution < -0.4 is 10.0 Å². The van der Waals surface area contributed by atoms with Crippen LogP contribution in [0.1, 0.15) is 38.8 Å². The third kappa shape index (κ3) is 5.62. The van der Waals surface area contributed by atoms with Crippen LogP contribution in [0, 0.1) is 12.7 Å². The summed E-state index contributed by atoms with van der Waals surface area (Å²) in [5, 5.41) is 2.62. The van der Waals surface area contributed by atoms with E-state index < -0.39 is 21.7 Å². The van der Waals surface area contributed by atoms with Crippen LogP contribution in [0.3, 0.4) is 0 Å². The maximum Gasteiger partial charge on any atom is 0.255 e. The van der Waals surface area contributed by atoms with Crippen LogP contribution >= 0.6 is 0 Å². The van der Waals surface area contributed by atoms with Crippen molar-refractivity contribution >= 4 is 27.4 Å². The fraction of sp³-hybridized carbons (Fsp3) is 0.130. The normalized spacial score (nSPS) is 11.2. The minimum absolute atomic E-state index is 0.0296. The predicted octanol–water partition coefficient (Wildman–Crippen LogP) is 4.07. The van der Waals surface area contributed by atoms with Gasteiger partial charge in [-0.25, -0.2) is 17.5 Å². The van der Waals surface area contributed by atoms with Crippen LogP contribution in [0.2, 0.25) is 0 Å². The Morgan fingerprint density at radius 3 is 2.10 bits per heavy atom. The molecule has 6 nitrogen and oxygen atoms in total. The second-order valence-corrected chi connectivity index (χ2v) is 8.79. The number of nitrogens with one attached hydrogen (secondary N) is 2. The molecule has 0 aromatic heterocycles. The lowest BCUT2D eigenvalue weighted by molar-refractivity contribution is 0.101. The molecule has 0 radical (unpaired) electrons. The van der Waals surface area contributed by atoms with Crippen molar-refractivity contribution in [3.8, 4) is 0 Å². The summed E-state index contributed by atoms with van der Waals surface area (Å²) in [5.74, 6) is -0.953. The molecule has 0 aliphatic carbocycles. The number of aryl methyl sites for hydroxylation is 1. The van der Waals surface area contributed by atoms with Crippen molar-refractivity contribution in [3.63, 3.8) is 0 Å². The lowest BCUT2D eigenvalue weighted by Crippen LogP contribution is -2.23. The average molecular weight is 440 g/mol. The number of carbonyl (C=O) groups is 2. The summed E-state index contributed by atoms with van der Waals surface area (Å²) < 4.78 is 41.0. The molecule has 3 aromatic rings. The van der Waals surface area contributed by atoms with Gasteiger partial charge < -0.3 is 5.32 Å². The fourth-order valence-electron chi connectivity index (χ4n) is 2.78. The van der Waals surface area contributed by atoms with Crippen molar-refractivity contribution in [1.29, 1.82) is 0 Å². The summed E-state index contributed by atoms with van der Waals surface area (Å²) >= 11 is 0. The van der Waals surface area contributed by atoms with Crippen molar-refractivity contribution in [2.75, 3.05) is 5.32 Å². The summed E-state index contributed by atoms with van der Waals surface area (Å²) in [4.78, 5) is 23.7. The highest BCUT2D eigenvalue weighted by Gasteiger charge is 2.14. The Hall–Kier alpha value is -3.36. The van der Waals surface area contributed by atoms with E-state index in [1.807, 2.05) is 0 Å². The highest BCUT2D eigenvalue weighted by atomic mass is 32.2. The first kappa shape index (κ1) is 22.3. The maximum absolute atomic E-state index is 13.6. The number of hydrogen-bond acceptors (Lipinski definition) is 4. The quantitative estimate of drug-likeness (QED) is 0.542. The summed E-state index contributed by atoms with van der Waals surface area (Å²) in [7, 11) is -3.75. The van der Waals surface area contributed by atoms with E-state index in [-0.39, 0.29) is 17.2 Å². The molecule has 0 aliphatic heterocycles. The van der Waals surface area contributed by atoms with Crippen molar-refractivity contribution < 1.29 is 22.4 Å². The third-order valence-corrected chi connectivity index (χ3v) is 6.10. The fourth-order valence-corrected chi connectivity index (χ4v) is 3.80. The van der Waals surface area contributed by atoms with Gasteiger partial charge in [-0.05, 0) is 61.4 Å². The lowest BCUT2D eigenvalue weighted by Gasteiger charge is -2.09. The number of hydrogen-bond donors (Lipinski definition) is 2. The number of anilines is 1. The van der Waals surface area contributed by atoms with Gasteiger partial charge in [0.2, 0.25) is 10.0 Å². The van der Waals surface area contributed by atoms with Crippen molar-refractivity contribution in [2.24, 2.45) is 0 Å². The predicted molar refractivity (Wildman–Crippen MR) is 116 cm³/mol. The zero-order chi connectivity index (χ0) is 22.6. The number of amides is 1. The van der Waals surface area contributed by atoms with Gasteiger partial charge in [0.1, 0.15) is 5.82 Å². The monoisotopic (exact) mass is 440 g/mol. The first-order valence-electron chi connectivity index (χ1n) is 9.43. The first-order chi connectivity index (χ1) is 14.7. The molecule has 0 aliphatic rings. The maximum atomic E-state index is 13.6. The third-order valence-electron chi connectivity index (χ3n) is 4.68. The summed E-state index contributed by atoms with van der Waals surface area (Å²) in [6.07, 6.45) is 0. The van der Waals surface area contributed by atoms with Crippen molar-refractivity contribution in [1.82, 2.24) is 4.72 Å². The summed E-state index contributed by atoms with van der Waals surface area (Å²) in [6, 6.07) is 16.5. The zero-order valence-corrected chi connectivity index (χ0v) is 17.8. The van der Waals surface area contributed by atoms with Crippen LogP contribution in [0.5, 0.6) is 0 Å². The van der Waals surface area contributed by atoms with E-state index in [1.165, 1.54) is 37.3 Å². The Balaban J connectivity index is 1.62. The summed E-state index contributed by atoms with van der Waals surface area (Å²) in [6.45, 7) is 3.07. The Labute approximate surface area is 180 Å². The molecule has 0 saturated carbocycles. The van der Waals surface area contributed by atoms with E-state index in [9.17, 15) is 22.4 Å². The Bertz CT molecular complexity index is 1220. The molecule has 8 heteroatoms. The van der Waals surface area contributed by atoms with E-state index >= 15 is 0 Å². The molecule has 3 rings (SSSR count). The van der Waals surface area contributed by atoms with Crippen molar-refractivity contribution in [3.05, 3.63) is 94.8 Å². The molecule has 0 saturated heterocycles. The Morgan fingerprint density at radius 1 is 0.903 bits per heavy atom. The minimum Gasteiger partial charge on any atom is -0.322 e. The Morgan fingerprint density at radius 2 is 1.52 bits per heavy atom. The number of carbonyl (C=O) groups excluding carboxylic acids is 2. The van der Waals surface area contributed by atoms with E-state index in [0.29, 0.717) is 27.9 Å². The molecule has 160 valence electrons. The van der Waals surface area contributed by atoms with Gasteiger partial charge in [0, 0.05) is 23.4 Å². The second-order valence-electron chi connectivity index (χ2n) is 7.02. The standard InChI is InChI=1S/C23H21FN2O4S/c1-15-3-10-20(13-22(15)24)26-23(28)19-6-4-17(5-7-19)14-25-31(29,30)21-11-8-18(9-12-21)16(2)27/h3-13,25H,14H2,1-2H3,(H,26,28). The number of sulfonamides is 1. The van der Waals surface area contributed by atoms with Gasteiger partial charge in [-0.2, -0.15) is 0 Å². The van der Waals surface area contributed by atoms with Gasteiger partial charge in [-0.3, -0.25) is 9.59 Å². The number of halogens is 1. The van der Waals surface area contributed by atoms with E-state index in [4.69, 9.17) is 0 Å². The molecule has 3 aromatic carbocycles. The largest absolute Gasteiger partial charge is 0.322 e. The minimum atomic E-state index is -3.75. The van der Waals surface area contributed by atoms with E-state index in [0.717, 1.165) is 0 Å². The molecule has 0 spiro atoms. The second kappa shape index (κ2) is 9.20.